The lowest BCUT2D eigenvalue weighted by molar-refractivity contribution is -0.131. The van der Waals surface area contributed by atoms with Gasteiger partial charge in [-0.05, 0) is 24.3 Å². The molecule has 21 heavy (non-hydrogen) atoms. The molecule has 0 atom stereocenters. The van der Waals surface area contributed by atoms with Crippen molar-refractivity contribution in [3.8, 4) is 0 Å². The highest BCUT2D eigenvalue weighted by Gasteiger charge is 2.23. The number of para-hydroxylation sites is 1. The monoisotopic (exact) mass is 288 g/mol. The summed E-state index contributed by atoms with van der Waals surface area (Å²) in [7, 11) is 0. The summed E-state index contributed by atoms with van der Waals surface area (Å²) in [6, 6.07) is 10.3. The number of benzene rings is 1. The number of nitrogens with zero attached hydrogens (tertiary/aromatic N) is 2. The molecule has 0 bridgehead atoms. The van der Waals surface area contributed by atoms with Crippen LogP contribution in [0.5, 0.6) is 0 Å². The Morgan fingerprint density at radius 3 is 2.52 bits per heavy atom. The predicted molar refractivity (Wildman–Crippen MR) is 77.6 cm³/mol. The van der Waals surface area contributed by atoms with Crippen LogP contribution in [0, 0.1) is 5.82 Å². The third-order valence-corrected chi connectivity index (χ3v) is 3.73. The average molecular weight is 288 g/mol. The molecular formula is C16H17FN2O2. The van der Waals surface area contributed by atoms with Crippen molar-refractivity contribution in [2.24, 2.45) is 0 Å². The van der Waals surface area contributed by atoms with E-state index < -0.39 is 0 Å². The minimum Gasteiger partial charge on any atom is -0.469 e. The van der Waals surface area contributed by atoms with Gasteiger partial charge in [0.15, 0.2) is 0 Å². The fourth-order valence-corrected chi connectivity index (χ4v) is 2.58. The lowest BCUT2D eigenvalue weighted by Crippen LogP contribution is -2.49. The molecule has 0 radical (unpaired) electrons. The van der Waals surface area contributed by atoms with E-state index in [-0.39, 0.29) is 18.1 Å². The molecule has 1 aliphatic heterocycles. The summed E-state index contributed by atoms with van der Waals surface area (Å²) in [6.07, 6.45) is 1.85. The zero-order chi connectivity index (χ0) is 14.7. The quantitative estimate of drug-likeness (QED) is 0.869. The second-order valence-electron chi connectivity index (χ2n) is 5.08. The van der Waals surface area contributed by atoms with Crippen LogP contribution in [0.25, 0.3) is 0 Å². The summed E-state index contributed by atoms with van der Waals surface area (Å²) in [5.74, 6) is 0.516. The van der Waals surface area contributed by atoms with Crippen molar-refractivity contribution in [1.29, 1.82) is 0 Å². The lowest BCUT2D eigenvalue weighted by Gasteiger charge is -2.36. The first kappa shape index (κ1) is 13.7. The zero-order valence-electron chi connectivity index (χ0n) is 11.7. The van der Waals surface area contributed by atoms with Gasteiger partial charge in [0.05, 0.1) is 18.4 Å². The number of anilines is 1. The summed E-state index contributed by atoms with van der Waals surface area (Å²) >= 11 is 0. The minimum atomic E-state index is -0.215. The molecule has 3 rings (SSSR count). The number of piperazine rings is 1. The first-order valence-electron chi connectivity index (χ1n) is 7.03. The molecule has 1 aliphatic rings. The van der Waals surface area contributed by atoms with E-state index in [0.717, 1.165) is 0 Å². The number of hydrogen-bond donors (Lipinski definition) is 0. The van der Waals surface area contributed by atoms with Crippen molar-refractivity contribution >= 4 is 11.6 Å². The van der Waals surface area contributed by atoms with Crippen LogP contribution in [0.2, 0.25) is 0 Å². The summed E-state index contributed by atoms with van der Waals surface area (Å²) in [5, 5.41) is 0. The highest BCUT2D eigenvalue weighted by Crippen LogP contribution is 2.20. The van der Waals surface area contributed by atoms with Crippen molar-refractivity contribution in [3.63, 3.8) is 0 Å². The summed E-state index contributed by atoms with van der Waals surface area (Å²) in [6.45, 7) is 2.50. The molecular weight excluding hydrogens is 271 g/mol. The number of rotatable bonds is 3. The number of halogens is 1. The topological polar surface area (TPSA) is 36.7 Å². The minimum absolute atomic E-state index is 0.0538. The third-order valence-electron chi connectivity index (χ3n) is 3.73. The Bertz CT molecular complexity index is 604. The Kier molecular flexibility index (Phi) is 3.90. The normalized spacial score (nSPS) is 15.3. The van der Waals surface area contributed by atoms with Crippen LogP contribution in [0.1, 0.15) is 5.76 Å². The van der Waals surface area contributed by atoms with Gasteiger partial charge in [0.1, 0.15) is 11.6 Å². The fraction of sp³-hybridized carbons (Fsp3) is 0.312. The van der Waals surface area contributed by atoms with Crippen LogP contribution in [-0.2, 0) is 11.2 Å². The fourth-order valence-electron chi connectivity index (χ4n) is 2.58. The van der Waals surface area contributed by atoms with Gasteiger partial charge in [0.2, 0.25) is 5.91 Å². The van der Waals surface area contributed by atoms with E-state index in [2.05, 4.69) is 0 Å². The molecule has 1 saturated heterocycles. The molecule has 1 aromatic carbocycles. The number of carbonyl (C=O) groups excluding carboxylic acids is 1. The van der Waals surface area contributed by atoms with Gasteiger partial charge in [0, 0.05) is 26.2 Å². The van der Waals surface area contributed by atoms with Crippen LogP contribution in [0.3, 0.4) is 0 Å². The van der Waals surface area contributed by atoms with Crippen molar-refractivity contribution < 1.29 is 13.6 Å². The molecule has 0 aliphatic carbocycles. The Balaban J connectivity index is 1.58. The van der Waals surface area contributed by atoms with Crippen molar-refractivity contribution in [2.75, 3.05) is 31.1 Å². The van der Waals surface area contributed by atoms with Crippen LogP contribution in [0.15, 0.2) is 47.1 Å². The maximum Gasteiger partial charge on any atom is 0.230 e. The molecule has 1 aromatic heterocycles. The highest BCUT2D eigenvalue weighted by atomic mass is 19.1. The van der Waals surface area contributed by atoms with Gasteiger partial charge < -0.3 is 14.2 Å². The molecule has 2 heterocycles. The van der Waals surface area contributed by atoms with Crippen molar-refractivity contribution in [2.45, 2.75) is 6.42 Å². The highest BCUT2D eigenvalue weighted by molar-refractivity contribution is 5.78. The van der Waals surface area contributed by atoms with E-state index in [1.807, 2.05) is 11.0 Å². The van der Waals surface area contributed by atoms with Crippen LogP contribution < -0.4 is 4.90 Å². The predicted octanol–water partition coefficient (Wildman–Crippen LogP) is 2.31. The van der Waals surface area contributed by atoms with Crippen LogP contribution in [0.4, 0.5) is 10.1 Å². The molecule has 4 nitrogen and oxygen atoms in total. The van der Waals surface area contributed by atoms with E-state index in [1.54, 1.807) is 35.4 Å². The van der Waals surface area contributed by atoms with E-state index in [9.17, 15) is 9.18 Å². The largest absolute Gasteiger partial charge is 0.469 e. The van der Waals surface area contributed by atoms with Crippen molar-refractivity contribution in [1.82, 2.24) is 4.90 Å². The lowest BCUT2D eigenvalue weighted by atomic mass is 10.2. The van der Waals surface area contributed by atoms with Crippen molar-refractivity contribution in [3.05, 3.63) is 54.2 Å². The van der Waals surface area contributed by atoms with Crippen LogP contribution in [-0.4, -0.2) is 37.0 Å². The maximum atomic E-state index is 13.7. The third kappa shape index (κ3) is 3.07. The van der Waals surface area contributed by atoms with Gasteiger partial charge in [-0.1, -0.05) is 12.1 Å². The van der Waals surface area contributed by atoms with Gasteiger partial charge in [0.25, 0.3) is 0 Å². The molecule has 110 valence electrons. The molecule has 1 amide bonds. The second kappa shape index (κ2) is 5.99. The standard InChI is InChI=1S/C16H17FN2O2/c17-14-5-1-2-6-15(14)18-7-9-19(10-8-18)16(20)12-13-4-3-11-21-13/h1-6,11H,7-10,12H2. The van der Waals surface area contributed by atoms with Gasteiger partial charge in [-0.25, -0.2) is 4.39 Å². The number of furan rings is 1. The first-order chi connectivity index (χ1) is 10.2. The Hall–Kier alpha value is -2.30. The van der Waals surface area contributed by atoms with Gasteiger partial charge in [-0.3, -0.25) is 4.79 Å². The van der Waals surface area contributed by atoms with Gasteiger partial charge >= 0.3 is 0 Å². The zero-order valence-corrected chi connectivity index (χ0v) is 11.7. The van der Waals surface area contributed by atoms with E-state index in [4.69, 9.17) is 4.42 Å². The van der Waals surface area contributed by atoms with E-state index >= 15 is 0 Å². The van der Waals surface area contributed by atoms with Gasteiger partial charge in [-0.15, -0.1) is 0 Å². The molecule has 1 fully saturated rings. The molecule has 0 N–H and O–H groups in total. The Morgan fingerprint density at radius 2 is 1.86 bits per heavy atom. The Labute approximate surface area is 122 Å². The molecule has 0 unspecified atom stereocenters. The first-order valence-corrected chi connectivity index (χ1v) is 7.03. The van der Waals surface area contributed by atoms with E-state index in [0.29, 0.717) is 37.6 Å². The molecule has 0 saturated carbocycles. The number of amides is 1. The summed E-state index contributed by atoms with van der Waals surface area (Å²) in [5.41, 5.74) is 0.607. The maximum absolute atomic E-state index is 13.7. The summed E-state index contributed by atoms with van der Waals surface area (Å²) < 4.78 is 18.9. The Morgan fingerprint density at radius 1 is 1.10 bits per heavy atom. The second-order valence-corrected chi connectivity index (χ2v) is 5.08. The molecule has 2 aromatic rings. The molecule has 0 spiro atoms. The average Bonchev–Trinajstić information content (AvgIpc) is 3.01. The summed E-state index contributed by atoms with van der Waals surface area (Å²) in [4.78, 5) is 15.9. The molecule has 5 heteroatoms. The smallest absolute Gasteiger partial charge is 0.230 e. The SMILES string of the molecule is O=C(Cc1ccco1)N1CCN(c2ccccc2F)CC1. The number of carbonyl (C=O) groups is 1. The van der Waals surface area contributed by atoms with E-state index in [1.165, 1.54) is 6.07 Å². The van der Waals surface area contributed by atoms with Gasteiger partial charge in [-0.2, -0.15) is 0 Å². The van der Waals surface area contributed by atoms with Crippen LogP contribution >= 0.6 is 0 Å². The number of hydrogen-bond acceptors (Lipinski definition) is 3.